The third-order valence-corrected chi connectivity index (χ3v) is 15.8. The maximum absolute atomic E-state index is 11.8. The minimum absolute atomic E-state index is 0.143. The topological polar surface area (TPSA) is 58.6 Å². The van der Waals surface area contributed by atoms with Crippen LogP contribution in [0.3, 0.4) is 0 Å². The fourth-order valence-electron chi connectivity index (χ4n) is 6.90. The molecule has 2 rings (SSSR count). The number of unbranched alkanes of at least 4 members (excludes halogenated alkanes) is 12. The molecular weight excluding hydrogens is 558 g/mol. The molecule has 0 bridgehead atoms. The maximum atomic E-state index is 11.8. The van der Waals surface area contributed by atoms with Crippen molar-refractivity contribution in [2.75, 3.05) is 24.6 Å². The van der Waals surface area contributed by atoms with Gasteiger partial charge in [0.05, 0.1) is 36.9 Å². The molecule has 252 valence electrons. The van der Waals surface area contributed by atoms with E-state index in [1.54, 1.807) is 24.6 Å². The molecule has 0 spiro atoms. The fourth-order valence-corrected chi connectivity index (χ4v) is 13.0. The van der Waals surface area contributed by atoms with Crippen molar-refractivity contribution in [1.29, 1.82) is 0 Å². The van der Waals surface area contributed by atoms with E-state index in [4.69, 9.17) is 9.05 Å². The van der Waals surface area contributed by atoms with Crippen molar-refractivity contribution in [2.45, 2.75) is 207 Å². The van der Waals surface area contributed by atoms with Crippen LogP contribution in [-0.4, -0.2) is 36.9 Å². The second-order valence-electron chi connectivity index (χ2n) is 13.7. The molecule has 0 aromatic heterocycles. The summed E-state index contributed by atoms with van der Waals surface area (Å²) in [6, 6.07) is 0. The SMILES string of the molecule is CCCCCC[P+](CCCCCC)(CCCCCC)CCCCCC.O=P([O-])(OC1CCCCC1)OC1CCCCC1. The van der Waals surface area contributed by atoms with Gasteiger partial charge in [-0.15, -0.1) is 0 Å². The molecular formula is C36H74O4P2. The lowest BCUT2D eigenvalue weighted by molar-refractivity contribution is -0.235. The third kappa shape index (κ3) is 21.3. The Morgan fingerprint density at radius 3 is 1.05 bits per heavy atom. The van der Waals surface area contributed by atoms with Crippen molar-refractivity contribution in [1.82, 2.24) is 0 Å². The lowest BCUT2D eigenvalue weighted by atomic mass is 9.98. The van der Waals surface area contributed by atoms with Crippen LogP contribution in [0, 0.1) is 0 Å². The summed E-state index contributed by atoms with van der Waals surface area (Å²) in [5.41, 5.74) is 0. The highest BCUT2D eigenvalue weighted by Gasteiger charge is 2.35. The lowest BCUT2D eigenvalue weighted by Crippen LogP contribution is -2.24. The van der Waals surface area contributed by atoms with Crippen LogP contribution >= 0.6 is 15.1 Å². The molecule has 0 saturated heterocycles. The Bertz CT molecular complexity index is 554. The summed E-state index contributed by atoms with van der Waals surface area (Å²) in [6.45, 7) is 9.40. The van der Waals surface area contributed by atoms with Crippen LogP contribution in [0.5, 0.6) is 0 Å². The van der Waals surface area contributed by atoms with Gasteiger partial charge in [0.2, 0.25) is 0 Å². The normalized spacial score (nSPS) is 17.3. The zero-order valence-electron chi connectivity index (χ0n) is 28.9. The monoisotopic (exact) mass is 633 g/mol. The first-order valence-corrected chi connectivity index (χ1v) is 22.9. The van der Waals surface area contributed by atoms with E-state index in [0.717, 1.165) is 51.4 Å². The van der Waals surface area contributed by atoms with Gasteiger partial charge in [-0.2, -0.15) is 0 Å². The summed E-state index contributed by atoms with van der Waals surface area (Å²) in [7, 11) is -4.74. The highest BCUT2D eigenvalue weighted by Crippen LogP contribution is 2.61. The van der Waals surface area contributed by atoms with Gasteiger partial charge in [0.25, 0.3) is 7.82 Å². The quantitative estimate of drug-likeness (QED) is 0.0784. The fraction of sp³-hybridized carbons (Fsp3) is 1.00. The molecule has 0 heterocycles. The van der Waals surface area contributed by atoms with E-state index >= 15 is 0 Å². The Hall–Kier alpha value is 0.540. The minimum Gasteiger partial charge on any atom is -0.756 e. The van der Waals surface area contributed by atoms with Gasteiger partial charge in [0.15, 0.2) is 0 Å². The van der Waals surface area contributed by atoms with Gasteiger partial charge < -0.3 is 13.9 Å². The molecule has 2 fully saturated rings. The average Bonchev–Trinajstić information content (AvgIpc) is 2.99. The molecule has 2 aliphatic carbocycles. The Balaban J connectivity index is 0.000000448. The van der Waals surface area contributed by atoms with Crippen molar-refractivity contribution in [3.8, 4) is 0 Å². The van der Waals surface area contributed by atoms with E-state index in [9.17, 15) is 9.46 Å². The van der Waals surface area contributed by atoms with Crippen LogP contribution in [0.25, 0.3) is 0 Å². The molecule has 0 aromatic rings. The highest BCUT2D eigenvalue weighted by atomic mass is 31.2. The van der Waals surface area contributed by atoms with E-state index in [1.807, 2.05) is 0 Å². The number of phosphoric ester groups is 1. The molecule has 4 nitrogen and oxygen atoms in total. The van der Waals surface area contributed by atoms with E-state index in [1.165, 1.54) is 116 Å². The van der Waals surface area contributed by atoms with Gasteiger partial charge in [-0.1, -0.05) is 118 Å². The second-order valence-corrected chi connectivity index (χ2v) is 19.4. The van der Waals surface area contributed by atoms with Crippen molar-refractivity contribution < 1.29 is 18.5 Å². The number of phosphoric acid groups is 1. The second kappa shape index (κ2) is 26.7. The average molecular weight is 633 g/mol. The molecule has 42 heavy (non-hydrogen) atoms. The maximum Gasteiger partial charge on any atom is 0.268 e. The standard InChI is InChI=1S/C24H52P.C12H23O4P/c1-5-9-13-17-21-25(22-18-14-10-6-2,23-19-15-11-7-3)24-20-16-12-8-4;13-17(14,15-11-7-3-1-4-8-11)16-12-9-5-2-6-10-12/h5-24H2,1-4H3;11-12H,1-10H2,(H,13,14)/q+1;/p-1. The molecule has 0 aliphatic heterocycles. The molecule has 0 amide bonds. The molecule has 0 radical (unpaired) electrons. The Labute approximate surface area is 264 Å². The first-order chi connectivity index (χ1) is 20.4. The molecule has 0 aromatic carbocycles. The van der Waals surface area contributed by atoms with Gasteiger partial charge in [-0.05, 0) is 77.0 Å². The number of rotatable bonds is 24. The lowest BCUT2D eigenvalue weighted by Gasteiger charge is -2.34. The van der Waals surface area contributed by atoms with Crippen LogP contribution in [0.2, 0.25) is 0 Å². The Kier molecular flexibility index (Phi) is 25.8. The Morgan fingerprint density at radius 1 is 0.500 bits per heavy atom. The summed E-state index contributed by atoms with van der Waals surface area (Å²) in [5.74, 6) is 0. The van der Waals surface area contributed by atoms with Gasteiger partial charge in [-0.25, -0.2) is 0 Å². The van der Waals surface area contributed by atoms with Gasteiger partial charge >= 0.3 is 0 Å². The molecule has 6 heteroatoms. The van der Waals surface area contributed by atoms with Crippen molar-refractivity contribution >= 4 is 15.1 Å². The molecule has 2 aliphatic rings. The Morgan fingerprint density at radius 2 is 0.786 bits per heavy atom. The summed E-state index contributed by atoms with van der Waals surface area (Å²) in [4.78, 5) is 11.8. The van der Waals surface area contributed by atoms with E-state index in [2.05, 4.69) is 27.7 Å². The van der Waals surface area contributed by atoms with Crippen LogP contribution in [-0.2, 0) is 13.6 Å². The predicted octanol–water partition coefficient (Wildman–Crippen LogP) is 12.5. The summed E-state index contributed by atoms with van der Waals surface area (Å²) < 4.78 is 22.1. The van der Waals surface area contributed by atoms with Gasteiger partial charge in [0, 0.05) is 7.26 Å². The molecule has 0 unspecified atom stereocenters. The molecule has 0 N–H and O–H groups in total. The van der Waals surface area contributed by atoms with E-state index in [0.29, 0.717) is 0 Å². The number of hydrogen-bond donors (Lipinski definition) is 0. The van der Waals surface area contributed by atoms with Crippen LogP contribution in [0.15, 0.2) is 0 Å². The summed E-state index contributed by atoms with van der Waals surface area (Å²) in [5, 5.41) is 0. The molecule has 0 atom stereocenters. The third-order valence-electron chi connectivity index (χ3n) is 9.60. The van der Waals surface area contributed by atoms with E-state index in [-0.39, 0.29) is 12.2 Å². The van der Waals surface area contributed by atoms with E-state index < -0.39 is 15.1 Å². The van der Waals surface area contributed by atoms with Crippen molar-refractivity contribution in [3.63, 3.8) is 0 Å². The first kappa shape index (κ1) is 40.6. The smallest absolute Gasteiger partial charge is 0.268 e. The van der Waals surface area contributed by atoms with Crippen molar-refractivity contribution in [3.05, 3.63) is 0 Å². The zero-order chi connectivity index (χ0) is 30.8. The predicted molar refractivity (Wildman–Crippen MR) is 186 cm³/mol. The van der Waals surface area contributed by atoms with Gasteiger partial charge in [-0.3, -0.25) is 4.57 Å². The highest BCUT2D eigenvalue weighted by molar-refractivity contribution is 7.75. The minimum atomic E-state index is -4.08. The molecule has 2 saturated carbocycles. The largest absolute Gasteiger partial charge is 0.756 e. The first-order valence-electron chi connectivity index (χ1n) is 18.9. The van der Waals surface area contributed by atoms with Crippen LogP contribution in [0.1, 0.15) is 195 Å². The summed E-state index contributed by atoms with van der Waals surface area (Å²) >= 11 is 0. The van der Waals surface area contributed by atoms with Gasteiger partial charge in [0.1, 0.15) is 0 Å². The van der Waals surface area contributed by atoms with Crippen molar-refractivity contribution in [2.24, 2.45) is 0 Å². The number of hydrogen-bond acceptors (Lipinski definition) is 4. The summed E-state index contributed by atoms with van der Waals surface area (Å²) in [6.07, 6.45) is 39.8. The van der Waals surface area contributed by atoms with Crippen LogP contribution in [0.4, 0.5) is 0 Å². The van der Waals surface area contributed by atoms with Crippen LogP contribution < -0.4 is 4.89 Å². The zero-order valence-corrected chi connectivity index (χ0v) is 30.7.